The summed E-state index contributed by atoms with van der Waals surface area (Å²) in [5.41, 5.74) is 1.62. The Morgan fingerprint density at radius 3 is 2.56 bits per heavy atom. The van der Waals surface area contributed by atoms with Crippen molar-refractivity contribution in [1.29, 1.82) is 0 Å². The largest absolute Gasteiger partial charge is 0.350 e. The Labute approximate surface area is 145 Å². The van der Waals surface area contributed by atoms with Crippen molar-refractivity contribution < 1.29 is 17.6 Å². The molecule has 1 aromatic heterocycles. The number of hydrogen-bond acceptors (Lipinski definition) is 4. The van der Waals surface area contributed by atoms with E-state index in [1.807, 2.05) is 25.1 Å². The molecule has 0 saturated carbocycles. The average Bonchev–Trinajstić information content (AvgIpc) is 2.52. The fraction of sp³-hybridized carbons (Fsp3) is 0.294. The van der Waals surface area contributed by atoms with Crippen LogP contribution in [0.4, 0.5) is 4.39 Å². The van der Waals surface area contributed by atoms with Gasteiger partial charge in [0.25, 0.3) is 0 Å². The van der Waals surface area contributed by atoms with E-state index in [-0.39, 0.29) is 29.8 Å². The van der Waals surface area contributed by atoms with E-state index >= 15 is 0 Å². The summed E-state index contributed by atoms with van der Waals surface area (Å²) in [6.07, 6.45) is 0. The molecule has 1 aromatic carbocycles. The number of sulfonamides is 1. The van der Waals surface area contributed by atoms with E-state index in [9.17, 15) is 17.6 Å². The summed E-state index contributed by atoms with van der Waals surface area (Å²) in [6, 6.07) is 10.2. The number of halogens is 1. The van der Waals surface area contributed by atoms with Gasteiger partial charge in [0.2, 0.25) is 15.9 Å². The molecule has 0 aliphatic carbocycles. The predicted octanol–water partition coefficient (Wildman–Crippen LogP) is 1.47. The number of aryl methyl sites for hydroxylation is 1. The van der Waals surface area contributed by atoms with Crippen molar-refractivity contribution in [2.24, 2.45) is 5.92 Å². The number of amides is 1. The van der Waals surface area contributed by atoms with Crippen molar-refractivity contribution >= 4 is 15.9 Å². The van der Waals surface area contributed by atoms with Crippen LogP contribution in [0.1, 0.15) is 11.4 Å². The molecule has 132 valence electrons. The summed E-state index contributed by atoms with van der Waals surface area (Å²) in [5, 5.41) is 2.77. The molecule has 2 aromatic rings. The molecule has 3 rings (SSSR count). The maximum Gasteiger partial charge on any atom is 0.243 e. The van der Waals surface area contributed by atoms with E-state index < -0.39 is 15.8 Å². The fourth-order valence-electron chi connectivity index (χ4n) is 2.58. The van der Waals surface area contributed by atoms with E-state index in [1.54, 1.807) is 0 Å². The SMILES string of the molecule is Cc1cccc(CNC(=O)C2CN(S(=O)(=O)c3ccc(F)cc3)C2)n1. The van der Waals surface area contributed by atoms with Crippen molar-refractivity contribution in [3.05, 3.63) is 59.7 Å². The van der Waals surface area contributed by atoms with Crippen LogP contribution in [0.3, 0.4) is 0 Å². The normalized spacial score (nSPS) is 15.6. The van der Waals surface area contributed by atoms with Crippen LogP contribution in [-0.2, 0) is 21.4 Å². The monoisotopic (exact) mass is 363 g/mol. The van der Waals surface area contributed by atoms with Gasteiger partial charge in [0.05, 0.1) is 23.1 Å². The first-order valence-corrected chi connectivity index (χ1v) is 9.26. The zero-order chi connectivity index (χ0) is 18.0. The number of nitrogens with one attached hydrogen (secondary N) is 1. The Balaban J connectivity index is 1.54. The first-order valence-electron chi connectivity index (χ1n) is 7.82. The summed E-state index contributed by atoms with van der Waals surface area (Å²) in [7, 11) is -3.68. The molecule has 1 N–H and O–H groups in total. The van der Waals surface area contributed by atoms with Crippen molar-refractivity contribution in [3.63, 3.8) is 0 Å². The third-order valence-electron chi connectivity index (χ3n) is 4.06. The lowest BCUT2D eigenvalue weighted by molar-refractivity contribution is -0.128. The second kappa shape index (κ2) is 6.89. The first kappa shape index (κ1) is 17.5. The van der Waals surface area contributed by atoms with Crippen LogP contribution in [0.15, 0.2) is 47.4 Å². The molecule has 6 nitrogen and oxygen atoms in total. The number of carbonyl (C=O) groups is 1. The lowest BCUT2D eigenvalue weighted by atomic mass is 10.0. The van der Waals surface area contributed by atoms with E-state index in [2.05, 4.69) is 10.3 Å². The van der Waals surface area contributed by atoms with Crippen molar-refractivity contribution in [1.82, 2.24) is 14.6 Å². The van der Waals surface area contributed by atoms with Gasteiger partial charge in [-0.1, -0.05) is 6.07 Å². The van der Waals surface area contributed by atoms with Crippen LogP contribution in [0.5, 0.6) is 0 Å². The third-order valence-corrected chi connectivity index (χ3v) is 5.91. The van der Waals surface area contributed by atoms with Gasteiger partial charge in [-0.05, 0) is 43.3 Å². The maximum atomic E-state index is 12.9. The zero-order valence-corrected chi connectivity index (χ0v) is 14.5. The minimum Gasteiger partial charge on any atom is -0.350 e. The molecule has 0 radical (unpaired) electrons. The molecule has 25 heavy (non-hydrogen) atoms. The zero-order valence-electron chi connectivity index (χ0n) is 13.6. The first-order chi connectivity index (χ1) is 11.9. The highest BCUT2D eigenvalue weighted by molar-refractivity contribution is 7.89. The highest BCUT2D eigenvalue weighted by Gasteiger charge is 2.40. The maximum absolute atomic E-state index is 12.9. The summed E-state index contributed by atoms with van der Waals surface area (Å²) in [5.74, 6) is -1.08. The lowest BCUT2D eigenvalue weighted by Crippen LogP contribution is -2.55. The molecule has 1 aliphatic heterocycles. The molecule has 1 amide bonds. The Morgan fingerprint density at radius 1 is 1.24 bits per heavy atom. The molecule has 0 bridgehead atoms. The van der Waals surface area contributed by atoms with Gasteiger partial charge in [0.15, 0.2) is 0 Å². The van der Waals surface area contributed by atoms with Crippen LogP contribution >= 0.6 is 0 Å². The molecule has 2 heterocycles. The van der Waals surface area contributed by atoms with Gasteiger partial charge in [0.1, 0.15) is 5.82 Å². The fourth-order valence-corrected chi connectivity index (χ4v) is 4.11. The second-order valence-electron chi connectivity index (χ2n) is 5.96. The molecule has 0 spiro atoms. The number of nitrogens with zero attached hydrogens (tertiary/aromatic N) is 2. The Bertz CT molecular complexity index is 878. The van der Waals surface area contributed by atoms with Crippen LogP contribution in [-0.4, -0.2) is 36.7 Å². The van der Waals surface area contributed by atoms with Gasteiger partial charge in [-0.15, -0.1) is 0 Å². The van der Waals surface area contributed by atoms with E-state index in [0.29, 0.717) is 6.54 Å². The lowest BCUT2D eigenvalue weighted by Gasteiger charge is -2.36. The Kier molecular flexibility index (Phi) is 4.82. The molecular weight excluding hydrogens is 345 g/mol. The number of pyridine rings is 1. The van der Waals surface area contributed by atoms with E-state index in [4.69, 9.17) is 0 Å². The van der Waals surface area contributed by atoms with Gasteiger partial charge in [0, 0.05) is 18.8 Å². The Hall–Kier alpha value is -2.32. The quantitative estimate of drug-likeness (QED) is 0.872. The van der Waals surface area contributed by atoms with Crippen LogP contribution in [0.25, 0.3) is 0 Å². The third kappa shape index (κ3) is 3.85. The van der Waals surface area contributed by atoms with Gasteiger partial charge in [-0.25, -0.2) is 12.8 Å². The Morgan fingerprint density at radius 2 is 1.92 bits per heavy atom. The van der Waals surface area contributed by atoms with Crippen LogP contribution in [0.2, 0.25) is 0 Å². The topological polar surface area (TPSA) is 79.4 Å². The summed E-state index contributed by atoms with van der Waals surface area (Å²) >= 11 is 0. The minimum atomic E-state index is -3.68. The van der Waals surface area contributed by atoms with Crippen molar-refractivity contribution in [3.8, 4) is 0 Å². The van der Waals surface area contributed by atoms with Crippen molar-refractivity contribution in [2.45, 2.75) is 18.4 Å². The molecule has 1 saturated heterocycles. The van der Waals surface area contributed by atoms with Crippen molar-refractivity contribution in [2.75, 3.05) is 13.1 Å². The molecular formula is C17H18FN3O3S. The summed E-state index contributed by atoms with van der Waals surface area (Å²) in [4.78, 5) is 16.4. The summed E-state index contributed by atoms with van der Waals surface area (Å²) in [6.45, 7) is 2.41. The van der Waals surface area contributed by atoms with Crippen LogP contribution < -0.4 is 5.32 Å². The molecule has 1 fully saturated rings. The highest BCUT2D eigenvalue weighted by atomic mass is 32.2. The molecule has 8 heteroatoms. The smallest absolute Gasteiger partial charge is 0.243 e. The number of hydrogen-bond donors (Lipinski definition) is 1. The number of carbonyl (C=O) groups excluding carboxylic acids is 1. The predicted molar refractivity (Wildman–Crippen MR) is 89.5 cm³/mol. The second-order valence-corrected chi connectivity index (χ2v) is 7.90. The van der Waals surface area contributed by atoms with Gasteiger partial charge >= 0.3 is 0 Å². The molecule has 0 atom stereocenters. The van der Waals surface area contributed by atoms with E-state index in [0.717, 1.165) is 23.5 Å². The van der Waals surface area contributed by atoms with Crippen LogP contribution in [0, 0.1) is 18.7 Å². The average molecular weight is 363 g/mol. The number of rotatable bonds is 5. The molecule has 1 aliphatic rings. The number of aromatic nitrogens is 1. The minimum absolute atomic E-state index is 0.0247. The summed E-state index contributed by atoms with van der Waals surface area (Å²) < 4.78 is 38.9. The standard InChI is InChI=1S/C17H18FN3O3S/c1-12-3-2-4-15(20-12)9-19-17(22)13-10-21(11-13)25(23,24)16-7-5-14(18)6-8-16/h2-8,13H,9-11H2,1H3,(H,19,22). The van der Waals surface area contributed by atoms with Gasteiger partial charge in [-0.2, -0.15) is 4.31 Å². The molecule has 0 unspecified atom stereocenters. The van der Waals surface area contributed by atoms with E-state index in [1.165, 1.54) is 16.4 Å². The van der Waals surface area contributed by atoms with Gasteiger partial charge in [-0.3, -0.25) is 9.78 Å². The van der Waals surface area contributed by atoms with Gasteiger partial charge < -0.3 is 5.32 Å². The highest BCUT2D eigenvalue weighted by Crippen LogP contribution is 2.25. The number of benzene rings is 1.